The fourth-order valence-corrected chi connectivity index (χ4v) is 1.94. The van der Waals surface area contributed by atoms with Crippen LogP contribution in [-0.2, 0) is 19.1 Å². The van der Waals surface area contributed by atoms with Crippen molar-refractivity contribution in [1.82, 2.24) is 5.32 Å². The highest BCUT2D eigenvalue weighted by atomic mass is 16.6. The zero-order chi connectivity index (χ0) is 16.0. The van der Waals surface area contributed by atoms with Gasteiger partial charge in [-0.1, -0.05) is 13.8 Å². The molecule has 0 aliphatic rings. The van der Waals surface area contributed by atoms with Gasteiger partial charge in [-0.2, -0.15) is 0 Å². The minimum Gasteiger partial charge on any atom is -0.467 e. The standard InChI is InChI=1S/C14H25NO5/c1-10(2)9-14(7-8-16,11(17)19-6)15-12(18)20-13(3,4)5/h8,10H,7,9H2,1-6H3,(H,15,18)/t14-/m0/s1. The van der Waals surface area contributed by atoms with Gasteiger partial charge in [-0.15, -0.1) is 0 Å². The quantitative estimate of drug-likeness (QED) is 0.597. The van der Waals surface area contributed by atoms with Crippen LogP contribution in [-0.4, -0.2) is 36.6 Å². The number of ether oxygens (including phenoxy) is 2. The average molecular weight is 287 g/mol. The van der Waals surface area contributed by atoms with E-state index in [-0.39, 0.29) is 18.8 Å². The minimum absolute atomic E-state index is 0.0870. The van der Waals surface area contributed by atoms with Gasteiger partial charge in [-0.3, -0.25) is 0 Å². The predicted molar refractivity (Wildman–Crippen MR) is 74.3 cm³/mol. The van der Waals surface area contributed by atoms with Crippen molar-refractivity contribution >= 4 is 18.3 Å². The van der Waals surface area contributed by atoms with Gasteiger partial charge in [-0.05, 0) is 33.1 Å². The molecule has 6 nitrogen and oxygen atoms in total. The van der Waals surface area contributed by atoms with Gasteiger partial charge in [0, 0.05) is 6.42 Å². The Hall–Kier alpha value is -1.59. The number of amides is 1. The van der Waals surface area contributed by atoms with Gasteiger partial charge in [0.15, 0.2) is 0 Å². The lowest BCUT2D eigenvalue weighted by Crippen LogP contribution is -2.57. The van der Waals surface area contributed by atoms with Crippen molar-refractivity contribution in [3.8, 4) is 0 Å². The van der Waals surface area contributed by atoms with Crippen LogP contribution in [0, 0.1) is 5.92 Å². The van der Waals surface area contributed by atoms with Crippen LogP contribution in [0.5, 0.6) is 0 Å². The van der Waals surface area contributed by atoms with E-state index in [1.807, 2.05) is 13.8 Å². The highest BCUT2D eigenvalue weighted by Crippen LogP contribution is 2.23. The number of nitrogens with one attached hydrogen (secondary N) is 1. The Morgan fingerprint density at radius 3 is 2.15 bits per heavy atom. The molecule has 0 spiro atoms. The molecule has 0 radical (unpaired) electrons. The molecule has 0 unspecified atom stereocenters. The minimum atomic E-state index is -1.38. The van der Waals surface area contributed by atoms with E-state index in [1.54, 1.807) is 20.8 Å². The van der Waals surface area contributed by atoms with Crippen molar-refractivity contribution < 1.29 is 23.9 Å². The van der Waals surface area contributed by atoms with Crippen LogP contribution >= 0.6 is 0 Å². The van der Waals surface area contributed by atoms with E-state index in [9.17, 15) is 14.4 Å². The molecule has 0 aliphatic carbocycles. The van der Waals surface area contributed by atoms with Crippen molar-refractivity contribution in [1.29, 1.82) is 0 Å². The topological polar surface area (TPSA) is 81.7 Å². The maximum atomic E-state index is 12.0. The maximum absolute atomic E-state index is 12.0. The Kier molecular flexibility index (Phi) is 6.68. The molecule has 116 valence electrons. The lowest BCUT2D eigenvalue weighted by atomic mass is 9.86. The zero-order valence-corrected chi connectivity index (χ0v) is 13.1. The van der Waals surface area contributed by atoms with Crippen LogP contribution in [0.3, 0.4) is 0 Å². The van der Waals surface area contributed by atoms with Gasteiger partial charge in [0.2, 0.25) is 0 Å². The summed E-state index contributed by atoms with van der Waals surface area (Å²) in [6, 6.07) is 0. The number of carbonyl (C=O) groups is 3. The van der Waals surface area contributed by atoms with Crippen molar-refractivity contribution in [2.24, 2.45) is 5.92 Å². The van der Waals surface area contributed by atoms with Crippen LogP contribution in [0.15, 0.2) is 0 Å². The summed E-state index contributed by atoms with van der Waals surface area (Å²) in [5.74, 6) is -0.562. The first kappa shape index (κ1) is 18.4. The van der Waals surface area contributed by atoms with Gasteiger partial charge >= 0.3 is 12.1 Å². The summed E-state index contributed by atoms with van der Waals surface area (Å²) in [6.07, 6.45) is -0.0174. The molecule has 1 atom stereocenters. The van der Waals surface area contributed by atoms with E-state index < -0.39 is 23.2 Å². The molecule has 0 fully saturated rings. The van der Waals surface area contributed by atoms with Gasteiger partial charge in [0.05, 0.1) is 7.11 Å². The van der Waals surface area contributed by atoms with Crippen molar-refractivity contribution in [2.45, 2.75) is 58.6 Å². The van der Waals surface area contributed by atoms with E-state index in [0.717, 1.165) is 0 Å². The van der Waals surface area contributed by atoms with Gasteiger partial charge in [0.1, 0.15) is 17.4 Å². The van der Waals surface area contributed by atoms with Crippen molar-refractivity contribution in [3.05, 3.63) is 0 Å². The third-order valence-electron chi connectivity index (χ3n) is 2.50. The second-order valence-electron chi connectivity index (χ2n) is 6.17. The number of aldehydes is 1. The summed E-state index contributed by atoms with van der Waals surface area (Å²) in [6.45, 7) is 8.93. The Balaban J connectivity index is 5.22. The van der Waals surface area contributed by atoms with E-state index in [1.165, 1.54) is 7.11 Å². The second kappa shape index (κ2) is 7.26. The van der Waals surface area contributed by atoms with Gasteiger partial charge in [0.25, 0.3) is 0 Å². The predicted octanol–water partition coefficient (Wildman–Crippen LogP) is 2.06. The molecule has 0 saturated carbocycles. The first-order valence-corrected chi connectivity index (χ1v) is 6.59. The van der Waals surface area contributed by atoms with E-state index in [0.29, 0.717) is 6.29 Å². The third kappa shape index (κ3) is 6.04. The largest absolute Gasteiger partial charge is 0.467 e. The fraction of sp³-hybridized carbons (Fsp3) is 0.786. The van der Waals surface area contributed by atoms with E-state index in [2.05, 4.69) is 5.32 Å². The Labute approximate surface area is 120 Å². The van der Waals surface area contributed by atoms with Crippen LogP contribution in [0.4, 0.5) is 4.79 Å². The normalized spacial score (nSPS) is 14.3. The van der Waals surface area contributed by atoms with Crippen molar-refractivity contribution in [2.75, 3.05) is 7.11 Å². The molecule has 20 heavy (non-hydrogen) atoms. The molecule has 0 aromatic rings. The number of methoxy groups -OCH3 is 1. The average Bonchev–Trinajstić information content (AvgIpc) is 2.24. The monoisotopic (exact) mass is 287 g/mol. The third-order valence-corrected chi connectivity index (χ3v) is 2.50. The number of hydrogen-bond donors (Lipinski definition) is 1. The molecule has 0 aliphatic heterocycles. The molecule has 1 N–H and O–H groups in total. The summed E-state index contributed by atoms with van der Waals surface area (Å²) in [7, 11) is 1.22. The number of carbonyl (C=O) groups excluding carboxylic acids is 3. The lowest BCUT2D eigenvalue weighted by molar-refractivity contribution is -0.150. The summed E-state index contributed by atoms with van der Waals surface area (Å²) < 4.78 is 9.87. The summed E-state index contributed by atoms with van der Waals surface area (Å²) in [5, 5.41) is 2.50. The highest BCUT2D eigenvalue weighted by molar-refractivity contribution is 5.88. The zero-order valence-electron chi connectivity index (χ0n) is 13.1. The van der Waals surface area contributed by atoms with E-state index >= 15 is 0 Å². The molecule has 6 heteroatoms. The SMILES string of the molecule is COC(=O)[C@](CC=O)(CC(C)C)NC(=O)OC(C)(C)C. The molecule has 0 saturated heterocycles. The first-order valence-electron chi connectivity index (χ1n) is 6.59. The molecule has 0 bridgehead atoms. The van der Waals surface area contributed by atoms with Gasteiger partial charge < -0.3 is 19.6 Å². The lowest BCUT2D eigenvalue weighted by Gasteiger charge is -2.32. The van der Waals surface area contributed by atoms with Crippen molar-refractivity contribution in [3.63, 3.8) is 0 Å². The van der Waals surface area contributed by atoms with Crippen LogP contribution < -0.4 is 5.32 Å². The maximum Gasteiger partial charge on any atom is 0.408 e. The number of alkyl carbamates (subject to hydrolysis) is 1. The van der Waals surface area contributed by atoms with Crippen LogP contribution in [0.25, 0.3) is 0 Å². The van der Waals surface area contributed by atoms with Gasteiger partial charge in [-0.25, -0.2) is 9.59 Å². The molecule has 0 heterocycles. The van der Waals surface area contributed by atoms with Crippen LogP contribution in [0.2, 0.25) is 0 Å². The summed E-state index contributed by atoms with van der Waals surface area (Å²) in [4.78, 5) is 34.8. The molecule has 0 rings (SSSR count). The Morgan fingerprint density at radius 2 is 1.80 bits per heavy atom. The molecular formula is C14H25NO5. The number of esters is 1. The highest BCUT2D eigenvalue weighted by Gasteiger charge is 2.42. The fourth-order valence-electron chi connectivity index (χ4n) is 1.94. The Morgan fingerprint density at radius 1 is 1.25 bits per heavy atom. The first-order chi connectivity index (χ1) is 9.06. The second-order valence-corrected chi connectivity index (χ2v) is 6.17. The molecule has 0 aromatic heterocycles. The number of rotatable bonds is 6. The number of hydrogen-bond acceptors (Lipinski definition) is 5. The van der Waals surface area contributed by atoms with E-state index in [4.69, 9.17) is 9.47 Å². The van der Waals surface area contributed by atoms with Crippen LogP contribution in [0.1, 0.15) is 47.5 Å². The molecule has 0 aromatic carbocycles. The smallest absolute Gasteiger partial charge is 0.408 e. The molecular weight excluding hydrogens is 262 g/mol. The summed E-state index contributed by atoms with van der Waals surface area (Å²) >= 11 is 0. The molecule has 1 amide bonds. The Bertz CT molecular complexity index is 359. The summed E-state index contributed by atoms with van der Waals surface area (Å²) in [5.41, 5.74) is -2.07.